The molecule has 4 rings (SSSR count). The first-order valence-corrected chi connectivity index (χ1v) is 9.72. The zero-order chi connectivity index (χ0) is 19.0. The van der Waals surface area contributed by atoms with Gasteiger partial charge in [-0.05, 0) is 43.0 Å². The largest absolute Gasteiger partial charge is 0.366 e. The molecule has 138 valence electrons. The Labute approximate surface area is 168 Å². The van der Waals surface area contributed by atoms with Gasteiger partial charge in [0.2, 0.25) is 0 Å². The fraction of sp³-hybridized carbons (Fsp3) is 0.238. The van der Waals surface area contributed by atoms with Gasteiger partial charge in [-0.15, -0.1) is 0 Å². The minimum Gasteiger partial charge on any atom is -0.366 e. The predicted molar refractivity (Wildman–Crippen MR) is 108 cm³/mol. The summed E-state index contributed by atoms with van der Waals surface area (Å²) in [6.45, 7) is 1.56. The Balaban J connectivity index is 1.82. The maximum atomic E-state index is 13.3. The molecule has 0 atom stereocenters. The van der Waals surface area contributed by atoms with E-state index in [4.69, 9.17) is 23.2 Å². The van der Waals surface area contributed by atoms with Crippen LogP contribution in [0.1, 0.15) is 24.8 Å². The van der Waals surface area contributed by atoms with Crippen LogP contribution in [-0.4, -0.2) is 29.8 Å². The van der Waals surface area contributed by atoms with E-state index in [0.717, 1.165) is 37.9 Å². The van der Waals surface area contributed by atoms with E-state index in [0.29, 0.717) is 27.0 Å². The zero-order valence-electron chi connectivity index (χ0n) is 14.6. The van der Waals surface area contributed by atoms with Crippen LogP contribution in [0, 0.1) is 0 Å². The molecule has 0 bridgehead atoms. The van der Waals surface area contributed by atoms with E-state index in [-0.39, 0.29) is 11.8 Å². The van der Waals surface area contributed by atoms with Gasteiger partial charge in [0.25, 0.3) is 11.8 Å². The molecule has 1 saturated heterocycles. The van der Waals surface area contributed by atoms with Gasteiger partial charge < -0.3 is 4.90 Å². The number of likely N-dealkylation sites (tertiary alicyclic amines) is 1. The molecule has 0 spiro atoms. The second-order valence-electron chi connectivity index (χ2n) is 6.68. The van der Waals surface area contributed by atoms with E-state index >= 15 is 0 Å². The lowest BCUT2D eigenvalue weighted by atomic mass is 10.0. The van der Waals surface area contributed by atoms with Crippen molar-refractivity contribution in [3.05, 3.63) is 69.8 Å². The number of amides is 2. The van der Waals surface area contributed by atoms with Crippen molar-refractivity contribution in [1.29, 1.82) is 0 Å². The second-order valence-corrected chi connectivity index (χ2v) is 7.50. The lowest BCUT2D eigenvalue weighted by Crippen LogP contribution is -2.37. The number of carbonyl (C=O) groups is 2. The van der Waals surface area contributed by atoms with Crippen LogP contribution in [-0.2, 0) is 9.59 Å². The Hall–Kier alpha value is -2.30. The lowest BCUT2D eigenvalue weighted by Gasteiger charge is -2.29. The summed E-state index contributed by atoms with van der Waals surface area (Å²) in [6.07, 6.45) is 3.17. The van der Waals surface area contributed by atoms with Crippen molar-refractivity contribution in [2.24, 2.45) is 0 Å². The van der Waals surface area contributed by atoms with Gasteiger partial charge in [0, 0.05) is 13.1 Å². The molecule has 2 heterocycles. The summed E-state index contributed by atoms with van der Waals surface area (Å²) >= 11 is 12.1. The Morgan fingerprint density at radius 2 is 1.48 bits per heavy atom. The molecule has 2 aliphatic rings. The monoisotopic (exact) mass is 400 g/mol. The molecule has 6 heteroatoms. The second kappa shape index (κ2) is 7.37. The quantitative estimate of drug-likeness (QED) is 0.697. The van der Waals surface area contributed by atoms with Crippen LogP contribution in [0.5, 0.6) is 0 Å². The van der Waals surface area contributed by atoms with Crippen LogP contribution < -0.4 is 4.90 Å². The van der Waals surface area contributed by atoms with Gasteiger partial charge in [-0.25, -0.2) is 4.90 Å². The van der Waals surface area contributed by atoms with Crippen molar-refractivity contribution in [1.82, 2.24) is 4.90 Å². The molecule has 0 aromatic heterocycles. The average Bonchev–Trinajstić information content (AvgIpc) is 2.96. The summed E-state index contributed by atoms with van der Waals surface area (Å²) < 4.78 is 0. The Morgan fingerprint density at radius 3 is 2.15 bits per heavy atom. The van der Waals surface area contributed by atoms with E-state index in [9.17, 15) is 9.59 Å². The number of hydrogen-bond donors (Lipinski definition) is 0. The molecule has 0 aliphatic carbocycles. The van der Waals surface area contributed by atoms with Crippen LogP contribution >= 0.6 is 23.2 Å². The summed E-state index contributed by atoms with van der Waals surface area (Å²) in [6, 6.07) is 14.2. The molecular weight excluding hydrogens is 383 g/mol. The standard InChI is InChI=1S/C21H18Cl2N2O2/c22-16-10-9-15(13-17(16)23)25-20(26)18(14-7-3-1-4-8-14)19(21(25)27)24-11-5-2-6-12-24/h1,3-4,7-10,13H,2,5-6,11-12H2. The third-order valence-corrected chi connectivity index (χ3v) is 5.69. The third kappa shape index (κ3) is 3.24. The molecule has 0 unspecified atom stereocenters. The van der Waals surface area contributed by atoms with Crippen molar-refractivity contribution >= 4 is 46.3 Å². The highest BCUT2D eigenvalue weighted by Crippen LogP contribution is 2.37. The molecule has 1 fully saturated rings. The fourth-order valence-corrected chi connectivity index (χ4v) is 3.95. The first kappa shape index (κ1) is 18.1. The Morgan fingerprint density at radius 1 is 0.778 bits per heavy atom. The van der Waals surface area contributed by atoms with Gasteiger partial charge in [0.15, 0.2) is 0 Å². The SMILES string of the molecule is O=C1C(c2ccccc2)=C(N2CCCCC2)C(=O)N1c1ccc(Cl)c(Cl)c1. The smallest absolute Gasteiger partial charge is 0.282 e. The maximum Gasteiger partial charge on any atom is 0.282 e. The van der Waals surface area contributed by atoms with Crippen molar-refractivity contribution < 1.29 is 9.59 Å². The number of imide groups is 1. The summed E-state index contributed by atoms with van der Waals surface area (Å²) in [4.78, 5) is 29.9. The molecule has 4 nitrogen and oxygen atoms in total. The van der Waals surface area contributed by atoms with E-state index in [2.05, 4.69) is 0 Å². The summed E-state index contributed by atoms with van der Waals surface area (Å²) in [5.74, 6) is -0.635. The first-order chi connectivity index (χ1) is 13.1. The van der Waals surface area contributed by atoms with Gasteiger partial charge in [-0.1, -0.05) is 53.5 Å². The maximum absolute atomic E-state index is 13.3. The van der Waals surface area contributed by atoms with Gasteiger partial charge >= 0.3 is 0 Å². The number of piperidine rings is 1. The van der Waals surface area contributed by atoms with Crippen LogP contribution in [0.3, 0.4) is 0 Å². The summed E-state index contributed by atoms with van der Waals surface area (Å²) in [7, 11) is 0. The molecule has 0 radical (unpaired) electrons. The normalized spacial score (nSPS) is 17.9. The highest BCUT2D eigenvalue weighted by Gasteiger charge is 2.42. The highest BCUT2D eigenvalue weighted by atomic mass is 35.5. The van der Waals surface area contributed by atoms with Crippen LogP contribution in [0.4, 0.5) is 5.69 Å². The number of nitrogens with zero attached hydrogens (tertiary/aromatic N) is 2. The van der Waals surface area contributed by atoms with Crippen molar-refractivity contribution in [3.8, 4) is 0 Å². The molecule has 27 heavy (non-hydrogen) atoms. The van der Waals surface area contributed by atoms with Crippen molar-refractivity contribution in [2.75, 3.05) is 18.0 Å². The molecular formula is C21H18Cl2N2O2. The minimum absolute atomic E-state index is 0.306. The zero-order valence-corrected chi connectivity index (χ0v) is 16.1. The first-order valence-electron chi connectivity index (χ1n) is 8.96. The molecule has 2 aromatic rings. The minimum atomic E-state index is -0.329. The number of hydrogen-bond acceptors (Lipinski definition) is 3. The van der Waals surface area contributed by atoms with Gasteiger partial charge in [-0.2, -0.15) is 0 Å². The fourth-order valence-electron chi connectivity index (χ4n) is 3.65. The van der Waals surface area contributed by atoms with Crippen LogP contribution in [0.2, 0.25) is 10.0 Å². The number of benzene rings is 2. The highest BCUT2D eigenvalue weighted by molar-refractivity contribution is 6.46. The molecule has 2 aromatic carbocycles. The van der Waals surface area contributed by atoms with E-state index in [1.54, 1.807) is 18.2 Å². The average molecular weight is 401 g/mol. The molecule has 0 saturated carbocycles. The molecule has 0 N–H and O–H groups in total. The van der Waals surface area contributed by atoms with Crippen LogP contribution in [0.25, 0.3) is 5.57 Å². The number of halogens is 2. The summed E-state index contributed by atoms with van der Waals surface area (Å²) in [5, 5.41) is 0.689. The molecule has 2 amide bonds. The van der Waals surface area contributed by atoms with E-state index in [1.807, 2.05) is 35.2 Å². The number of anilines is 1. The summed E-state index contributed by atoms with van der Waals surface area (Å²) in [5.41, 5.74) is 2.12. The molecule has 2 aliphatic heterocycles. The van der Waals surface area contributed by atoms with Gasteiger partial charge in [0.05, 0.1) is 21.3 Å². The predicted octanol–water partition coefficient (Wildman–Crippen LogP) is 4.76. The lowest BCUT2D eigenvalue weighted by molar-refractivity contribution is -0.120. The number of carbonyl (C=O) groups excluding carboxylic acids is 2. The Bertz CT molecular complexity index is 934. The Kier molecular flexibility index (Phi) is 4.94. The topological polar surface area (TPSA) is 40.6 Å². The van der Waals surface area contributed by atoms with Crippen molar-refractivity contribution in [2.45, 2.75) is 19.3 Å². The van der Waals surface area contributed by atoms with Gasteiger partial charge in [0.1, 0.15) is 5.70 Å². The van der Waals surface area contributed by atoms with Gasteiger partial charge in [-0.3, -0.25) is 9.59 Å². The number of rotatable bonds is 3. The van der Waals surface area contributed by atoms with Crippen molar-refractivity contribution in [3.63, 3.8) is 0 Å². The van der Waals surface area contributed by atoms with E-state index < -0.39 is 0 Å². The van der Waals surface area contributed by atoms with E-state index in [1.165, 1.54) is 4.90 Å². The van der Waals surface area contributed by atoms with Crippen LogP contribution in [0.15, 0.2) is 54.2 Å². The third-order valence-electron chi connectivity index (χ3n) is 4.96.